The number of carbonyl (C=O) groups excluding carboxylic acids is 3. The van der Waals surface area contributed by atoms with E-state index >= 15 is 0 Å². The number of piperidine rings is 1. The van der Waals surface area contributed by atoms with Crippen LogP contribution in [0.5, 0.6) is 0 Å². The molecule has 1 atom stereocenters. The van der Waals surface area contributed by atoms with Gasteiger partial charge in [-0.1, -0.05) is 37.3 Å². The zero-order chi connectivity index (χ0) is 29.6. The van der Waals surface area contributed by atoms with Gasteiger partial charge in [0.25, 0.3) is 5.91 Å². The standard InChI is InChI=1S/C32H48N6O3/c1-6-19-37-29(40)26(14-10-11-18-33-28(39)27-23-24(2)35-38(27)31(3,4)5)34-30(41)32(37)16-21-36(22-17-32)20-15-25-12-8-7-9-13-25/h7-9,12-13,23,26H,6,10-11,14-22H2,1-5H3,(H,33,39)(H,34,41)/t26-/m0/s1. The van der Waals surface area contributed by atoms with Crippen molar-refractivity contribution in [1.29, 1.82) is 0 Å². The summed E-state index contributed by atoms with van der Waals surface area (Å²) in [5.74, 6) is -0.108. The van der Waals surface area contributed by atoms with Crippen molar-refractivity contribution in [1.82, 2.24) is 30.2 Å². The zero-order valence-corrected chi connectivity index (χ0v) is 25.5. The number of benzene rings is 1. The van der Waals surface area contributed by atoms with Crippen molar-refractivity contribution in [2.24, 2.45) is 0 Å². The Morgan fingerprint density at radius 2 is 1.80 bits per heavy atom. The number of hydrogen-bond donors (Lipinski definition) is 2. The molecule has 3 heterocycles. The van der Waals surface area contributed by atoms with Crippen LogP contribution >= 0.6 is 0 Å². The van der Waals surface area contributed by atoms with Gasteiger partial charge < -0.3 is 20.4 Å². The summed E-state index contributed by atoms with van der Waals surface area (Å²) in [6.45, 7) is 13.7. The summed E-state index contributed by atoms with van der Waals surface area (Å²) in [7, 11) is 0. The van der Waals surface area contributed by atoms with Gasteiger partial charge in [0, 0.05) is 32.7 Å². The van der Waals surface area contributed by atoms with Crippen molar-refractivity contribution in [3.05, 3.63) is 53.3 Å². The second kappa shape index (κ2) is 13.2. The molecule has 41 heavy (non-hydrogen) atoms. The van der Waals surface area contributed by atoms with Crippen LogP contribution in [0, 0.1) is 6.92 Å². The molecule has 9 nitrogen and oxygen atoms in total. The molecule has 4 rings (SSSR count). The number of rotatable bonds is 11. The highest BCUT2D eigenvalue weighted by Gasteiger charge is 2.53. The second-order valence-electron chi connectivity index (χ2n) is 12.6. The van der Waals surface area contributed by atoms with Crippen LogP contribution in [0.15, 0.2) is 36.4 Å². The van der Waals surface area contributed by atoms with E-state index in [0.717, 1.165) is 51.0 Å². The lowest BCUT2D eigenvalue weighted by Gasteiger charge is -2.51. The lowest BCUT2D eigenvalue weighted by molar-refractivity contribution is -0.161. The molecule has 1 aromatic heterocycles. The largest absolute Gasteiger partial charge is 0.351 e. The first-order valence-electron chi connectivity index (χ1n) is 15.3. The van der Waals surface area contributed by atoms with Crippen molar-refractivity contribution in [3.8, 4) is 0 Å². The monoisotopic (exact) mass is 564 g/mol. The van der Waals surface area contributed by atoms with E-state index in [1.165, 1.54) is 5.56 Å². The van der Waals surface area contributed by atoms with Crippen LogP contribution in [0.25, 0.3) is 0 Å². The van der Waals surface area contributed by atoms with Gasteiger partial charge in [-0.05, 0) is 84.3 Å². The van der Waals surface area contributed by atoms with Crippen LogP contribution in [0.4, 0.5) is 0 Å². The summed E-state index contributed by atoms with van der Waals surface area (Å²) >= 11 is 0. The first-order chi connectivity index (χ1) is 19.5. The highest BCUT2D eigenvalue weighted by molar-refractivity contribution is 6.00. The molecule has 0 radical (unpaired) electrons. The Bertz CT molecular complexity index is 1190. The van der Waals surface area contributed by atoms with Crippen molar-refractivity contribution in [2.45, 2.75) is 96.7 Å². The molecule has 2 aromatic rings. The number of piperazine rings is 1. The summed E-state index contributed by atoms with van der Waals surface area (Å²) in [5, 5.41) is 10.6. The molecular weight excluding hydrogens is 516 g/mol. The Hall–Kier alpha value is -3.20. The first-order valence-corrected chi connectivity index (χ1v) is 15.3. The molecule has 2 saturated heterocycles. The summed E-state index contributed by atoms with van der Waals surface area (Å²) in [5.41, 5.74) is 1.65. The van der Waals surface area contributed by atoms with Gasteiger partial charge in [0.1, 0.15) is 17.3 Å². The van der Waals surface area contributed by atoms with Gasteiger partial charge in [0.2, 0.25) is 11.8 Å². The van der Waals surface area contributed by atoms with Crippen LogP contribution in [-0.2, 0) is 21.5 Å². The number of carbonyl (C=O) groups is 3. The van der Waals surface area contributed by atoms with Gasteiger partial charge >= 0.3 is 0 Å². The number of likely N-dealkylation sites (tertiary alicyclic amines) is 1. The van der Waals surface area contributed by atoms with Crippen molar-refractivity contribution < 1.29 is 14.4 Å². The minimum atomic E-state index is -0.741. The predicted molar refractivity (Wildman–Crippen MR) is 161 cm³/mol. The van der Waals surface area contributed by atoms with E-state index in [0.29, 0.717) is 38.0 Å². The maximum absolute atomic E-state index is 13.6. The van der Waals surface area contributed by atoms with Crippen molar-refractivity contribution in [2.75, 3.05) is 32.7 Å². The SMILES string of the molecule is CCCN1C(=O)[C@H](CCCCNC(=O)c2cc(C)nn2C(C)(C)C)NC(=O)C12CCN(CCc1ccccc1)CC2. The van der Waals surface area contributed by atoms with Gasteiger partial charge in [0.05, 0.1) is 11.2 Å². The van der Waals surface area contributed by atoms with Crippen LogP contribution in [0.2, 0.25) is 0 Å². The van der Waals surface area contributed by atoms with Gasteiger partial charge in [-0.3, -0.25) is 19.1 Å². The van der Waals surface area contributed by atoms with E-state index in [4.69, 9.17) is 0 Å². The van der Waals surface area contributed by atoms with Crippen molar-refractivity contribution in [3.63, 3.8) is 0 Å². The lowest BCUT2D eigenvalue weighted by atomic mass is 9.81. The van der Waals surface area contributed by atoms with Crippen molar-refractivity contribution >= 4 is 17.7 Å². The van der Waals surface area contributed by atoms with E-state index in [1.807, 2.05) is 44.7 Å². The molecule has 1 aromatic carbocycles. The number of aryl methyl sites for hydroxylation is 1. The van der Waals surface area contributed by atoms with E-state index in [2.05, 4.69) is 51.8 Å². The summed E-state index contributed by atoms with van der Waals surface area (Å²) in [4.78, 5) is 44.3. The fourth-order valence-corrected chi connectivity index (χ4v) is 6.13. The van der Waals surface area contributed by atoms with Crippen LogP contribution < -0.4 is 10.6 Å². The molecule has 2 N–H and O–H groups in total. The fraction of sp³-hybridized carbons (Fsp3) is 0.625. The highest BCUT2D eigenvalue weighted by atomic mass is 16.2. The number of hydrogen-bond acceptors (Lipinski definition) is 5. The minimum absolute atomic E-state index is 0.00243. The molecule has 0 saturated carbocycles. The molecule has 0 unspecified atom stereocenters. The van der Waals surface area contributed by atoms with Gasteiger partial charge in [-0.15, -0.1) is 0 Å². The quantitative estimate of drug-likeness (QED) is 0.406. The number of amides is 3. The smallest absolute Gasteiger partial charge is 0.269 e. The lowest BCUT2D eigenvalue weighted by Crippen LogP contribution is -2.72. The zero-order valence-electron chi connectivity index (χ0n) is 25.5. The van der Waals surface area contributed by atoms with E-state index < -0.39 is 11.6 Å². The molecule has 2 aliphatic heterocycles. The molecule has 2 fully saturated rings. The van der Waals surface area contributed by atoms with Crippen LogP contribution in [-0.4, -0.2) is 81.6 Å². The average molecular weight is 565 g/mol. The molecule has 9 heteroatoms. The van der Waals surface area contributed by atoms with E-state index in [9.17, 15) is 14.4 Å². The van der Waals surface area contributed by atoms with Gasteiger partial charge in [-0.25, -0.2) is 0 Å². The summed E-state index contributed by atoms with van der Waals surface area (Å²) < 4.78 is 1.76. The Morgan fingerprint density at radius 1 is 1.10 bits per heavy atom. The first kappa shape index (κ1) is 30.8. The Labute approximate surface area is 245 Å². The molecule has 1 spiro atoms. The predicted octanol–water partition coefficient (Wildman–Crippen LogP) is 3.66. The number of aromatic nitrogens is 2. The molecule has 224 valence electrons. The minimum Gasteiger partial charge on any atom is -0.351 e. The number of unbranched alkanes of at least 4 members (excludes halogenated alkanes) is 1. The third-order valence-corrected chi connectivity index (χ3v) is 8.40. The van der Waals surface area contributed by atoms with Crippen LogP contribution in [0.3, 0.4) is 0 Å². The number of nitrogens with one attached hydrogen (secondary N) is 2. The maximum Gasteiger partial charge on any atom is 0.269 e. The normalized spacial score (nSPS) is 19.4. The summed E-state index contributed by atoms with van der Waals surface area (Å²) in [6, 6.07) is 11.8. The van der Waals surface area contributed by atoms with E-state index in [-0.39, 0.29) is 23.3 Å². The van der Waals surface area contributed by atoms with Gasteiger partial charge in [0.15, 0.2) is 0 Å². The van der Waals surface area contributed by atoms with Crippen LogP contribution in [0.1, 0.15) is 88.0 Å². The summed E-state index contributed by atoms with van der Waals surface area (Å²) in [6.07, 6.45) is 5.17. The molecule has 0 bridgehead atoms. The topological polar surface area (TPSA) is 99.6 Å². The van der Waals surface area contributed by atoms with Gasteiger partial charge in [-0.2, -0.15) is 5.10 Å². The highest BCUT2D eigenvalue weighted by Crippen LogP contribution is 2.34. The second-order valence-corrected chi connectivity index (χ2v) is 12.6. The Morgan fingerprint density at radius 3 is 2.46 bits per heavy atom. The molecular formula is C32H48N6O3. The third kappa shape index (κ3) is 7.18. The third-order valence-electron chi connectivity index (χ3n) is 8.40. The maximum atomic E-state index is 13.6. The Kier molecular flexibility index (Phi) is 9.89. The molecule has 0 aliphatic carbocycles. The molecule has 3 amide bonds. The van der Waals surface area contributed by atoms with E-state index in [1.54, 1.807) is 4.68 Å². The molecule has 2 aliphatic rings. The fourth-order valence-electron chi connectivity index (χ4n) is 6.13. The number of nitrogens with zero attached hydrogens (tertiary/aromatic N) is 4. The average Bonchev–Trinajstić information content (AvgIpc) is 3.36. The Balaban J connectivity index is 1.27.